The number of hydrogen-bond acceptors (Lipinski definition) is 4. The number of aromatic nitrogens is 2. The van der Waals surface area contributed by atoms with E-state index in [0.29, 0.717) is 12.1 Å². The molecule has 1 N–H and O–H groups in total. The largest absolute Gasteiger partial charge is 0.367 e. The second kappa shape index (κ2) is 9.96. The number of carbonyl (C=O) groups excluding carboxylic acids is 1. The second-order valence-corrected chi connectivity index (χ2v) is 10.0. The van der Waals surface area contributed by atoms with Crippen LogP contribution in [0.4, 0.5) is 0 Å². The Bertz CT molecular complexity index is 1170. The summed E-state index contributed by atoms with van der Waals surface area (Å²) in [6.45, 7) is 8.70. The van der Waals surface area contributed by atoms with Crippen molar-refractivity contribution in [1.29, 1.82) is 0 Å². The van der Waals surface area contributed by atoms with Gasteiger partial charge in [-0.1, -0.05) is 36.4 Å². The van der Waals surface area contributed by atoms with Gasteiger partial charge in [-0.15, -0.1) is 0 Å². The molecule has 0 radical (unpaired) electrons. The first kappa shape index (κ1) is 23.8. The van der Waals surface area contributed by atoms with Gasteiger partial charge in [0, 0.05) is 23.8 Å². The monoisotopic (exact) mass is 472 g/mol. The van der Waals surface area contributed by atoms with E-state index in [4.69, 9.17) is 4.74 Å². The van der Waals surface area contributed by atoms with Crippen LogP contribution >= 0.6 is 0 Å². The van der Waals surface area contributed by atoms with E-state index in [1.54, 1.807) is 0 Å². The molecule has 1 spiro atoms. The van der Waals surface area contributed by atoms with Gasteiger partial charge in [0.25, 0.3) is 5.91 Å². The van der Waals surface area contributed by atoms with Gasteiger partial charge in [0.2, 0.25) is 0 Å². The highest BCUT2D eigenvalue weighted by molar-refractivity contribution is 5.95. The molecule has 0 bridgehead atoms. The first-order chi connectivity index (χ1) is 17.0. The van der Waals surface area contributed by atoms with Crippen LogP contribution in [0.5, 0.6) is 0 Å². The van der Waals surface area contributed by atoms with Crippen molar-refractivity contribution in [2.45, 2.75) is 64.2 Å². The molecule has 1 aromatic heterocycles. The van der Waals surface area contributed by atoms with Crippen molar-refractivity contribution >= 4 is 5.91 Å². The maximum Gasteiger partial charge on any atom is 0.254 e. The summed E-state index contributed by atoms with van der Waals surface area (Å²) in [5.74, 6) is 0.0821. The zero-order valence-corrected chi connectivity index (χ0v) is 21.0. The van der Waals surface area contributed by atoms with Crippen LogP contribution in [0.1, 0.15) is 66.0 Å². The molecule has 184 valence electrons. The maximum atomic E-state index is 13.9. The highest BCUT2D eigenvalue weighted by atomic mass is 16.5. The number of carbonyl (C=O) groups is 1. The highest BCUT2D eigenvalue weighted by Gasteiger charge is 2.45. The lowest BCUT2D eigenvalue weighted by Crippen LogP contribution is -2.54. The smallest absolute Gasteiger partial charge is 0.254 e. The minimum Gasteiger partial charge on any atom is -0.367 e. The summed E-state index contributed by atoms with van der Waals surface area (Å²) in [5.41, 5.74) is 4.66. The van der Waals surface area contributed by atoms with Gasteiger partial charge in [-0.3, -0.25) is 4.79 Å². The molecule has 0 unspecified atom stereocenters. The summed E-state index contributed by atoms with van der Waals surface area (Å²) in [7, 11) is 0. The molecule has 3 heterocycles. The van der Waals surface area contributed by atoms with E-state index in [2.05, 4.69) is 52.6 Å². The fraction of sp³-hybridized carbons (Fsp3) is 0.448. The normalized spacial score (nSPS) is 21.7. The van der Waals surface area contributed by atoms with Crippen molar-refractivity contribution in [2.24, 2.45) is 0 Å². The minimum absolute atomic E-state index is 0.00377. The van der Waals surface area contributed by atoms with Crippen LogP contribution in [0, 0.1) is 13.8 Å². The number of aryl methyl sites for hydroxylation is 2. The Balaban J connectivity index is 1.44. The van der Waals surface area contributed by atoms with Crippen LogP contribution in [0.2, 0.25) is 0 Å². The van der Waals surface area contributed by atoms with Crippen molar-refractivity contribution in [3.63, 3.8) is 0 Å². The van der Waals surface area contributed by atoms with Gasteiger partial charge >= 0.3 is 0 Å². The summed E-state index contributed by atoms with van der Waals surface area (Å²) in [4.78, 5) is 16.0. The molecule has 6 heteroatoms. The van der Waals surface area contributed by atoms with Gasteiger partial charge in [-0.2, -0.15) is 5.10 Å². The van der Waals surface area contributed by atoms with E-state index in [1.165, 1.54) is 5.56 Å². The third-order valence-corrected chi connectivity index (χ3v) is 7.56. The first-order valence-electron chi connectivity index (χ1n) is 12.9. The van der Waals surface area contributed by atoms with Crippen LogP contribution in [-0.2, 0) is 4.74 Å². The third-order valence-electron chi connectivity index (χ3n) is 7.56. The van der Waals surface area contributed by atoms with Crippen LogP contribution in [0.3, 0.4) is 0 Å². The van der Waals surface area contributed by atoms with Gasteiger partial charge in [-0.25, -0.2) is 4.68 Å². The Hall–Kier alpha value is -2.96. The number of hydrogen-bond donors (Lipinski definition) is 1. The van der Waals surface area contributed by atoms with Crippen molar-refractivity contribution in [1.82, 2.24) is 20.0 Å². The number of nitrogens with one attached hydrogen (secondary N) is 1. The van der Waals surface area contributed by atoms with Gasteiger partial charge in [0.15, 0.2) is 0 Å². The van der Waals surface area contributed by atoms with E-state index in [9.17, 15) is 4.79 Å². The molecule has 1 amide bonds. The summed E-state index contributed by atoms with van der Waals surface area (Å²) in [6.07, 6.45) is 3.65. The van der Waals surface area contributed by atoms with Crippen LogP contribution in [-0.4, -0.2) is 51.9 Å². The second-order valence-electron chi connectivity index (χ2n) is 10.0. The molecule has 6 nitrogen and oxygen atoms in total. The molecule has 0 aliphatic carbocycles. The number of ether oxygens (including phenoxy) is 1. The van der Waals surface area contributed by atoms with E-state index < -0.39 is 0 Å². The predicted octanol–water partition coefficient (Wildman–Crippen LogP) is 4.99. The Labute approximate surface area is 208 Å². The molecule has 0 saturated carbocycles. The van der Waals surface area contributed by atoms with E-state index in [0.717, 1.165) is 55.8 Å². The molecule has 2 aromatic carbocycles. The van der Waals surface area contributed by atoms with Crippen LogP contribution in [0.15, 0.2) is 60.7 Å². The molecule has 2 aliphatic rings. The van der Waals surface area contributed by atoms with E-state index >= 15 is 0 Å². The van der Waals surface area contributed by atoms with Gasteiger partial charge < -0.3 is 15.0 Å². The van der Waals surface area contributed by atoms with Crippen LogP contribution in [0.25, 0.3) is 5.69 Å². The topological polar surface area (TPSA) is 59.4 Å². The fourth-order valence-electron chi connectivity index (χ4n) is 5.87. The standard InChI is InChI=1S/C29H36N4O2/c1-4-32(28(34)24-11-8-12-25(18-24)33-22(3)17-21(2)31-33)26-19-27(23-9-6-5-7-10-23)35-29(20-26)13-15-30-16-14-29/h5-12,17-18,26-27,30H,4,13-16,19-20H2,1-3H3/t26-,27-/m1/s1. The average Bonchev–Trinajstić information content (AvgIpc) is 3.23. The molecule has 35 heavy (non-hydrogen) atoms. The SMILES string of the molecule is CCN(C(=O)c1cccc(-n2nc(C)cc2C)c1)[C@@H]1C[C@H](c2ccccc2)OC2(CCNCC2)C1. The molecular weight excluding hydrogens is 436 g/mol. The average molecular weight is 473 g/mol. The molecule has 2 fully saturated rings. The summed E-state index contributed by atoms with van der Waals surface area (Å²) >= 11 is 0. The quantitative estimate of drug-likeness (QED) is 0.568. The van der Waals surface area contributed by atoms with Gasteiger partial charge in [0.1, 0.15) is 0 Å². The fourth-order valence-corrected chi connectivity index (χ4v) is 5.87. The maximum absolute atomic E-state index is 13.9. The summed E-state index contributed by atoms with van der Waals surface area (Å²) < 4.78 is 8.72. The Morgan fingerprint density at radius 1 is 1.11 bits per heavy atom. The number of nitrogens with zero attached hydrogens (tertiary/aromatic N) is 3. The van der Waals surface area contributed by atoms with Crippen molar-refractivity contribution in [3.05, 3.63) is 83.2 Å². The lowest BCUT2D eigenvalue weighted by molar-refractivity contribution is -0.162. The van der Waals surface area contributed by atoms with Gasteiger partial charge in [-0.05, 0) is 89.4 Å². The van der Waals surface area contributed by atoms with Crippen molar-refractivity contribution in [2.75, 3.05) is 19.6 Å². The summed E-state index contributed by atoms with van der Waals surface area (Å²) in [6, 6.07) is 20.5. The van der Waals surface area contributed by atoms with Crippen molar-refractivity contribution in [3.8, 4) is 5.69 Å². The van der Waals surface area contributed by atoms with E-state index in [-0.39, 0.29) is 23.7 Å². The minimum atomic E-state index is -0.187. The Kier molecular flexibility index (Phi) is 6.76. The zero-order valence-electron chi connectivity index (χ0n) is 21.0. The molecule has 3 aromatic rings. The molecule has 2 atom stereocenters. The lowest BCUT2D eigenvalue weighted by atomic mass is 9.79. The van der Waals surface area contributed by atoms with E-state index in [1.807, 2.05) is 48.9 Å². The Morgan fingerprint density at radius 3 is 2.57 bits per heavy atom. The first-order valence-corrected chi connectivity index (χ1v) is 12.9. The molecule has 2 aliphatic heterocycles. The number of rotatable bonds is 5. The number of piperidine rings is 1. The lowest BCUT2D eigenvalue weighted by Gasteiger charge is -2.49. The molecular formula is C29H36N4O2. The van der Waals surface area contributed by atoms with Gasteiger partial charge in [0.05, 0.1) is 23.1 Å². The van der Waals surface area contributed by atoms with Crippen molar-refractivity contribution < 1.29 is 9.53 Å². The predicted molar refractivity (Wildman–Crippen MR) is 138 cm³/mol. The molecule has 5 rings (SSSR count). The zero-order chi connectivity index (χ0) is 24.4. The third kappa shape index (κ3) is 4.91. The van der Waals surface area contributed by atoms with Crippen LogP contribution < -0.4 is 5.32 Å². The highest BCUT2D eigenvalue weighted by Crippen LogP contribution is 2.43. The molecule has 2 saturated heterocycles. The summed E-state index contributed by atoms with van der Waals surface area (Å²) in [5, 5.41) is 8.08. The Morgan fingerprint density at radius 2 is 1.89 bits per heavy atom. The number of benzene rings is 2. The number of amides is 1.